The minimum Gasteiger partial charge on any atom is -0.394 e. The molecule has 1 aliphatic rings. The summed E-state index contributed by atoms with van der Waals surface area (Å²) >= 11 is 0. The summed E-state index contributed by atoms with van der Waals surface area (Å²) in [5, 5.41) is 54.6. The fourth-order valence-electron chi connectivity index (χ4n) is 9.46. The lowest BCUT2D eigenvalue weighted by Crippen LogP contribution is -2.60. The third kappa shape index (κ3) is 46.9. The highest BCUT2D eigenvalue weighted by Gasteiger charge is 2.44. The van der Waals surface area contributed by atoms with Gasteiger partial charge in [0.05, 0.1) is 25.4 Å². The van der Waals surface area contributed by atoms with Crippen LogP contribution in [-0.4, -0.2) is 87.5 Å². The summed E-state index contributed by atoms with van der Waals surface area (Å²) in [6.07, 6.45) is 79.9. The van der Waals surface area contributed by atoms with E-state index < -0.39 is 49.5 Å². The summed E-state index contributed by atoms with van der Waals surface area (Å²) in [6.45, 7) is 3.65. The normalized spacial score (nSPS) is 19.4. The zero-order valence-electron chi connectivity index (χ0n) is 50.3. The van der Waals surface area contributed by atoms with E-state index in [1.165, 1.54) is 128 Å². The van der Waals surface area contributed by atoms with Crippen LogP contribution >= 0.6 is 0 Å². The van der Waals surface area contributed by atoms with Crippen molar-refractivity contribution in [1.29, 1.82) is 0 Å². The summed E-state index contributed by atoms with van der Waals surface area (Å²) < 4.78 is 11.3. The van der Waals surface area contributed by atoms with E-state index >= 15 is 0 Å². The van der Waals surface area contributed by atoms with Crippen molar-refractivity contribution in [2.45, 2.75) is 301 Å². The number of amides is 1. The third-order valence-electron chi connectivity index (χ3n) is 14.5. The van der Waals surface area contributed by atoms with Crippen molar-refractivity contribution < 1.29 is 39.8 Å². The number of ether oxygens (including phenoxy) is 2. The van der Waals surface area contributed by atoms with Crippen LogP contribution in [0.4, 0.5) is 0 Å². The summed E-state index contributed by atoms with van der Waals surface area (Å²) in [5.41, 5.74) is 0. The molecule has 452 valence electrons. The largest absolute Gasteiger partial charge is 0.394 e. The Morgan fingerprint density at radius 2 is 0.797 bits per heavy atom. The number of aliphatic hydroxyl groups excluding tert-OH is 5. The Morgan fingerprint density at radius 3 is 1.22 bits per heavy atom. The van der Waals surface area contributed by atoms with E-state index in [0.717, 1.165) is 109 Å². The van der Waals surface area contributed by atoms with E-state index in [1.807, 2.05) is 6.08 Å². The smallest absolute Gasteiger partial charge is 0.220 e. The molecule has 6 N–H and O–H groups in total. The van der Waals surface area contributed by atoms with E-state index in [1.54, 1.807) is 6.08 Å². The first-order valence-corrected chi connectivity index (χ1v) is 32.3. The van der Waals surface area contributed by atoms with Gasteiger partial charge in [-0.25, -0.2) is 0 Å². The van der Waals surface area contributed by atoms with Crippen molar-refractivity contribution in [2.24, 2.45) is 0 Å². The lowest BCUT2D eigenvalue weighted by Gasteiger charge is -2.40. The van der Waals surface area contributed by atoms with Crippen LogP contribution in [0.3, 0.4) is 0 Å². The van der Waals surface area contributed by atoms with E-state index in [9.17, 15) is 30.3 Å². The molecule has 1 fully saturated rings. The number of hydrogen-bond donors (Lipinski definition) is 6. The molecule has 1 aliphatic heterocycles. The van der Waals surface area contributed by atoms with Crippen molar-refractivity contribution in [3.63, 3.8) is 0 Å². The number of aliphatic hydroxyl groups is 5. The first-order valence-electron chi connectivity index (χ1n) is 32.3. The molecule has 1 amide bonds. The molecular weight excluding hydrogens is 983 g/mol. The number of unbranched alkanes of at least 4 members (excludes halogenated alkanes) is 26. The first-order chi connectivity index (χ1) is 38.8. The maximum atomic E-state index is 13.1. The molecule has 1 heterocycles. The second-order valence-corrected chi connectivity index (χ2v) is 21.8. The molecule has 0 aromatic carbocycles. The molecule has 1 rings (SSSR count). The zero-order valence-corrected chi connectivity index (χ0v) is 50.3. The highest BCUT2D eigenvalue weighted by Crippen LogP contribution is 2.23. The van der Waals surface area contributed by atoms with Crippen LogP contribution in [0.1, 0.15) is 258 Å². The quantitative estimate of drug-likeness (QED) is 0.0261. The number of carbonyl (C=O) groups excluding carboxylic acids is 1. The highest BCUT2D eigenvalue weighted by atomic mass is 16.7. The van der Waals surface area contributed by atoms with E-state index in [2.05, 4.69) is 129 Å². The molecule has 0 saturated carbocycles. The van der Waals surface area contributed by atoms with Crippen molar-refractivity contribution in [3.8, 4) is 0 Å². The topological polar surface area (TPSA) is 149 Å². The van der Waals surface area contributed by atoms with Crippen LogP contribution in [0.2, 0.25) is 0 Å². The maximum Gasteiger partial charge on any atom is 0.220 e. The number of nitrogens with one attached hydrogen (secondary N) is 1. The average molecular weight is 1100 g/mol. The predicted molar refractivity (Wildman–Crippen MR) is 336 cm³/mol. The Morgan fingerprint density at radius 1 is 0.443 bits per heavy atom. The van der Waals surface area contributed by atoms with Gasteiger partial charge in [0.2, 0.25) is 5.91 Å². The van der Waals surface area contributed by atoms with Gasteiger partial charge in [-0.15, -0.1) is 0 Å². The second kappa shape index (κ2) is 57.8. The van der Waals surface area contributed by atoms with Crippen molar-refractivity contribution >= 4 is 5.91 Å². The Bertz CT molecular complexity index is 1660. The van der Waals surface area contributed by atoms with Gasteiger partial charge in [0.15, 0.2) is 6.29 Å². The van der Waals surface area contributed by atoms with Gasteiger partial charge in [-0.05, 0) is 103 Å². The first kappa shape index (κ1) is 73.6. The molecule has 9 nitrogen and oxygen atoms in total. The molecule has 0 aromatic heterocycles. The number of rotatable bonds is 54. The van der Waals surface area contributed by atoms with Gasteiger partial charge >= 0.3 is 0 Å². The van der Waals surface area contributed by atoms with Gasteiger partial charge < -0.3 is 40.3 Å². The van der Waals surface area contributed by atoms with Crippen LogP contribution in [0, 0.1) is 0 Å². The molecule has 7 unspecified atom stereocenters. The summed E-state index contributed by atoms with van der Waals surface area (Å²) in [4.78, 5) is 13.1. The van der Waals surface area contributed by atoms with E-state index in [0.29, 0.717) is 6.42 Å². The molecule has 0 aliphatic carbocycles. The van der Waals surface area contributed by atoms with Crippen molar-refractivity contribution in [3.05, 3.63) is 122 Å². The van der Waals surface area contributed by atoms with Crippen LogP contribution in [0.15, 0.2) is 122 Å². The number of allylic oxidation sites excluding steroid dienone is 19. The predicted octanol–water partition coefficient (Wildman–Crippen LogP) is 17.1. The van der Waals surface area contributed by atoms with Gasteiger partial charge in [-0.3, -0.25) is 4.79 Å². The minimum absolute atomic E-state index is 0.206. The van der Waals surface area contributed by atoms with Crippen molar-refractivity contribution in [2.75, 3.05) is 13.2 Å². The highest BCUT2D eigenvalue weighted by molar-refractivity contribution is 5.76. The fraction of sp³-hybridized carbons (Fsp3) is 0.700. The van der Waals surface area contributed by atoms with Crippen LogP contribution < -0.4 is 5.32 Å². The van der Waals surface area contributed by atoms with E-state index in [-0.39, 0.29) is 12.5 Å². The SMILES string of the molecule is CC/C=C\C/C=C\C/C=C\C/C=C\C/C=C\C/C=C\C/C=C\CCCCCCCCCC(=O)NC(COC1OC(CO)C(O)C(O)C1O)C(O)/C=C/CC/C=C/CC/C=C/CCCCCCCCCCCCCCCCCCC. The summed E-state index contributed by atoms with van der Waals surface area (Å²) in [7, 11) is 0. The zero-order chi connectivity index (χ0) is 57.2. The van der Waals surface area contributed by atoms with Gasteiger partial charge in [0.1, 0.15) is 24.4 Å². The lowest BCUT2D eigenvalue weighted by molar-refractivity contribution is -0.302. The molecule has 7 atom stereocenters. The Labute approximate surface area is 484 Å². The molecular formula is C70H119NO8. The average Bonchev–Trinajstić information content (AvgIpc) is 3.47. The number of carbonyl (C=O) groups is 1. The van der Waals surface area contributed by atoms with Gasteiger partial charge in [0.25, 0.3) is 0 Å². The number of hydrogen-bond acceptors (Lipinski definition) is 8. The molecule has 9 heteroatoms. The Balaban J connectivity index is 2.25. The maximum absolute atomic E-state index is 13.1. The molecule has 79 heavy (non-hydrogen) atoms. The summed E-state index contributed by atoms with van der Waals surface area (Å²) in [6, 6.07) is -0.845. The molecule has 0 spiro atoms. The van der Waals surface area contributed by atoms with Crippen molar-refractivity contribution in [1.82, 2.24) is 5.32 Å². The van der Waals surface area contributed by atoms with Gasteiger partial charge in [-0.1, -0.05) is 270 Å². The van der Waals surface area contributed by atoms with Gasteiger partial charge in [0, 0.05) is 6.42 Å². The van der Waals surface area contributed by atoms with Gasteiger partial charge in [-0.2, -0.15) is 0 Å². The molecule has 1 saturated heterocycles. The standard InChI is InChI=1S/C70H119NO8/c1-3-5-7-9-11-13-15-17-19-21-23-25-27-29-31-32-34-36-38-40-42-44-46-48-50-52-54-56-58-60-66(74)71-63(62-78-70-69(77)68(76)67(75)65(61-72)79-70)64(73)59-57-55-53-51-49-47-45-43-41-39-37-35-33-30-28-26-24-22-20-18-16-14-12-10-8-6-4-2/h5,7,11,13,17,19,23,25,29,31,34,36,40-43,49,51,57,59,63-65,67-70,72-73,75-77H,3-4,6,8-10,12,14-16,18,20-22,24,26-28,30,32-33,35,37-39,44-48,50,52-56,58,60-62H2,1-2H3,(H,71,74)/b7-5-,13-11-,19-17-,25-23-,31-29-,36-34-,42-40-,43-41+,51-49+,59-57+. The monoisotopic (exact) mass is 1100 g/mol. The fourth-order valence-corrected chi connectivity index (χ4v) is 9.46. The van der Waals surface area contributed by atoms with Crippen LogP contribution in [0.5, 0.6) is 0 Å². The lowest BCUT2D eigenvalue weighted by atomic mass is 9.99. The molecule has 0 radical (unpaired) electrons. The van der Waals surface area contributed by atoms with Crippen LogP contribution in [0.25, 0.3) is 0 Å². The Hall–Kier alpha value is -3.41. The second-order valence-electron chi connectivity index (χ2n) is 21.8. The van der Waals surface area contributed by atoms with E-state index in [4.69, 9.17) is 9.47 Å². The third-order valence-corrected chi connectivity index (χ3v) is 14.5. The van der Waals surface area contributed by atoms with Crippen LogP contribution in [-0.2, 0) is 14.3 Å². The summed E-state index contributed by atoms with van der Waals surface area (Å²) in [5.74, 6) is -0.206. The minimum atomic E-state index is -1.59. The molecule has 0 aromatic rings. The Kier molecular flexibility index (Phi) is 53.9. The molecule has 0 bridgehead atoms.